The van der Waals surface area contributed by atoms with Crippen LogP contribution in [0.25, 0.3) is 10.2 Å². The lowest BCUT2D eigenvalue weighted by molar-refractivity contribution is 0.589. The van der Waals surface area contributed by atoms with E-state index in [-0.39, 0.29) is 11.0 Å². The number of aryl methyl sites for hydroxylation is 1. The second-order valence-corrected chi connectivity index (χ2v) is 9.11. The molecule has 132 valence electrons. The van der Waals surface area contributed by atoms with Gasteiger partial charge in [-0.2, -0.15) is 0 Å². The van der Waals surface area contributed by atoms with E-state index in [4.69, 9.17) is 4.98 Å². The number of benzene rings is 1. The smallest absolute Gasteiger partial charge is 0.263 e. The number of nitrogens with zero attached hydrogens (tertiary/aromatic N) is 2. The van der Waals surface area contributed by atoms with Crippen molar-refractivity contribution in [2.45, 2.75) is 51.2 Å². The highest BCUT2D eigenvalue weighted by Gasteiger charge is 2.15. The van der Waals surface area contributed by atoms with Crippen LogP contribution in [-0.4, -0.2) is 15.8 Å². The third-order valence-electron chi connectivity index (χ3n) is 4.36. The maximum Gasteiger partial charge on any atom is 0.263 e. The summed E-state index contributed by atoms with van der Waals surface area (Å²) >= 11 is 3.15. The Hall–Kier alpha value is -1.59. The van der Waals surface area contributed by atoms with Crippen molar-refractivity contribution >= 4 is 33.3 Å². The number of fused-ring (bicyclic) bond motifs is 1. The molecule has 3 aromatic rings. The molecule has 0 radical (unpaired) electrons. The van der Waals surface area contributed by atoms with Gasteiger partial charge in [0.1, 0.15) is 4.83 Å². The van der Waals surface area contributed by atoms with Crippen molar-refractivity contribution in [1.82, 2.24) is 9.55 Å². The lowest BCUT2D eigenvalue weighted by Gasteiger charge is -2.19. The predicted molar refractivity (Wildman–Crippen MR) is 109 cm³/mol. The molecule has 0 bridgehead atoms. The van der Waals surface area contributed by atoms with E-state index < -0.39 is 0 Å². The van der Waals surface area contributed by atoms with Crippen LogP contribution in [0, 0.1) is 0 Å². The molecule has 5 heteroatoms. The summed E-state index contributed by atoms with van der Waals surface area (Å²) in [5.74, 6) is 0. The Labute approximate surface area is 157 Å². The van der Waals surface area contributed by atoms with Gasteiger partial charge in [0.2, 0.25) is 0 Å². The number of thiophene rings is 1. The van der Waals surface area contributed by atoms with Gasteiger partial charge in [0.15, 0.2) is 5.16 Å². The summed E-state index contributed by atoms with van der Waals surface area (Å²) < 4.78 is 1.80. The van der Waals surface area contributed by atoms with Gasteiger partial charge in [0.05, 0.1) is 11.9 Å². The Kier molecular flexibility index (Phi) is 5.07. The molecular formula is C20H24N2OS2. The highest BCUT2D eigenvalue weighted by Crippen LogP contribution is 2.25. The van der Waals surface area contributed by atoms with Crippen LogP contribution in [0.2, 0.25) is 0 Å². The molecule has 3 rings (SSSR count). The van der Waals surface area contributed by atoms with Crippen molar-refractivity contribution in [2.75, 3.05) is 6.26 Å². The summed E-state index contributed by atoms with van der Waals surface area (Å²) in [6, 6.07) is 10.5. The Morgan fingerprint density at radius 1 is 1.20 bits per heavy atom. The molecule has 2 aromatic heterocycles. The molecule has 0 aliphatic rings. The van der Waals surface area contributed by atoms with Gasteiger partial charge in [-0.25, -0.2) is 4.98 Å². The van der Waals surface area contributed by atoms with Crippen LogP contribution in [0.15, 0.2) is 40.3 Å². The van der Waals surface area contributed by atoms with Gasteiger partial charge in [0, 0.05) is 4.88 Å². The maximum absolute atomic E-state index is 13.0. The first-order chi connectivity index (χ1) is 11.8. The number of aromatic nitrogens is 2. The van der Waals surface area contributed by atoms with Crippen molar-refractivity contribution in [3.8, 4) is 0 Å². The average molecular weight is 373 g/mol. The molecule has 25 heavy (non-hydrogen) atoms. The van der Waals surface area contributed by atoms with Crippen LogP contribution in [0.5, 0.6) is 0 Å². The molecule has 0 fully saturated rings. The monoisotopic (exact) mass is 372 g/mol. The van der Waals surface area contributed by atoms with E-state index in [9.17, 15) is 4.79 Å². The van der Waals surface area contributed by atoms with Gasteiger partial charge in [-0.3, -0.25) is 9.36 Å². The van der Waals surface area contributed by atoms with Crippen molar-refractivity contribution in [3.63, 3.8) is 0 Å². The Morgan fingerprint density at radius 3 is 2.44 bits per heavy atom. The molecule has 0 saturated carbocycles. The van der Waals surface area contributed by atoms with Crippen molar-refractivity contribution in [2.24, 2.45) is 0 Å². The molecule has 2 heterocycles. The molecular weight excluding hydrogens is 348 g/mol. The molecule has 0 saturated heterocycles. The minimum atomic E-state index is 0.0604. The van der Waals surface area contributed by atoms with E-state index in [2.05, 4.69) is 52.0 Å². The van der Waals surface area contributed by atoms with E-state index in [0.29, 0.717) is 6.54 Å². The summed E-state index contributed by atoms with van der Waals surface area (Å²) in [5.41, 5.74) is 2.61. The minimum absolute atomic E-state index is 0.0604. The third-order valence-corrected chi connectivity index (χ3v) is 6.21. The molecule has 1 aromatic carbocycles. The third kappa shape index (κ3) is 3.67. The highest BCUT2D eigenvalue weighted by molar-refractivity contribution is 7.98. The molecule has 3 nitrogen and oxygen atoms in total. The van der Waals surface area contributed by atoms with Crippen molar-refractivity contribution < 1.29 is 0 Å². The van der Waals surface area contributed by atoms with Gasteiger partial charge in [-0.15, -0.1) is 11.3 Å². The molecule has 0 atom stereocenters. The minimum Gasteiger partial charge on any atom is -0.283 e. The molecule has 0 aliphatic heterocycles. The van der Waals surface area contributed by atoms with Crippen LogP contribution in [0.4, 0.5) is 0 Å². The van der Waals surface area contributed by atoms with Crippen LogP contribution in [-0.2, 0) is 18.4 Å². The van der Waals surface area contributed by atoms with E-state index in [0.717, 1.165) is 27.4 Å². The fraction of sp³-hybridized carbons (Fsp3) is 0.400. The molecule has 0 spiro atoms. The average Bonchev–Trinajstić information content (AvgIpc) is 3.00. The fourth-order valence-electron chi connectivity index (χ4n) is 2.81. The molecule has 0 aliphatic carbocycles. The summed E-state index contributed by atoms with van der Waals surface area (Å²) in [7, 11) is 0. The van der Waals surface area contributed by atoms with Crippen LogP contribution >= 0.6 is 23.1 Å². The van der Waals surface area contributed by atoms with Gasteiger partial charge in [0.25, 0.3) is 5.56 Å². The SMILES string of the molecule is CCc1cc2c(=O)n(Cc3ccc(C(C)(C)C)cc3)c(SC)nc2s1. The van der Waals surface area contributed by atoms with Gasteiger partial charge >= 0.3 is 0 Å². The zero-order valence-corrected chi connectivity index (χ0v) is 17.1. The Morgan fingerprint density at radius 2 is 1.88 bits per heavy atom. The van der Waals surface area contributed by atoms with Gasteiger partial charge < -0.3 is 0 Å². The summed E-state index contributed by atoms with van der Waals surface area (Å²) in [4.78, 5) is 19.8. The second-order valence-electron chi connectivity index (χ2n) is 7.22. The number of rotatable bonds is 4. The topological polar surface area (TPSA) is 34.9 Å². The van der Waals surface area contributed by atoms with E-state index >= 15 is 0 Å². The molecule has 0 N–H and O–H groups in total. The van der Waals surface area contributed by atoms with Crippen molar-refractivity contribution in [1.29, 1.82) is 0 Å². The second kappa shape index (κ2) is 6.96. The largest absolute Gasteiger partial charge is 0.283 e. The van der Waals surface area contributed by atoms with E-state index in [1.807, 2.05) is 12.3 Å². The number of thioether (sulfide) groups is 1. The highest BCUT2D eigenvalue weighted by atomic mass is 32.2. The van der Waals surface area contributed by atoms with Gasteiger partial charge in [-0.1, -0.05) is 63.7 Å². The first-order valence-electron chi connectivity index (χ1n) is 8.50. The number of hydrogen-bond acceptors (Lipinski definition) is 4. The first kappa shape index (κ1) is 18.2. The summed E-state index contributed by atoms with van der Waals surface area (Å²) in [5, 5.41) is 1.52. The Balaban J connectivity index is 2.03. The van der Waals surface area contributed by atoms with Crippen LogP contribution in [0.3, 0.4) is 0 Å². The lowest BCUT2D eigenvalue weighted by Crippen LogP contribution is -2.23. The zero-order chi connectivity index (χ0) is 18.2. The molecule has 0 unspecified atom stereocenters. The fourth-order valence-corrected chi connectivity index (χ4v) is 4.38. The van der Waals surface area contributed by atoms with Crippen molar-refractivity contribution in [3.05, 3.63) is 56.7 Å². The quantitative estimate of drug-likeness (QED) is 0.473. The predicted octanol–water partition coefficient (Wildman–Crippen LogP) is 5.09. The molecule has 0 amide bonds. The zero-order valence-electron chi connectivity index (χ0n) is 15.4. The lowest BCUT2D eigenvalue weighted by atomic mass is 9.87. The summed E-state index contributed by atoms with van der Waals surface area (Å²) in [6.07, 6.45) is 2.91. The standard InChI is InChI=1S/C20H24N2OS2/c1-6-15-11-16-17(25-15)21-19(24-5)22(18(16)23)12-13-7-9-14(10-8-13)20(2,3)4/h7-11H,6,12H2,1-5H3. The maximum atomic E-state index is 13.0. The number of hydrogen-bond donors (Lipinski definition) is 0. The summed E-state index contributed by atoms with van der Waals surface area (Å²) in [6.45, 7) is 9.28. The van der Waals surface area contributed by atoms with E-state index in [1.54, 1.807) is 15.9 Å². The van der Waals surface area contributed by atoms with E-state index in [1.165, 1.54) is 22.2 Å². The van der Waals surface area contributed by atoms with Gasteiger partial charge in [-0.05, 0) is 35.3 Å². The van der Waals surface area contributed by atoms with Crippen LogP contribution in [0.1, 0.15) is 43.7 Å². The Bertz CT molecular complexity index is 947. The normalized spacial score (nSPS) is 12.0. The van der Waals surface area contributed by atoms with Crippen LogP contribution < -0.4 is 5.56 Å². The first-order valence-corrected chi connectivity index (χ1v) is 10.5.